The van der Waals surface area contributed by atoms with Crippen LogP contribution in [0, 0.1) is 18.3 Å². The molecule has 2 aromatic heterocycles. The van der Waals surface area contributed by atoms with Crippen molar-refractivity contribution in [3.63, 3.8) is 0 Å². The minimum atomic E-state index is -0.258. The number of rotatable bonds is 5. The maximum Gasteiger partial charge on any atom is 0.280 e. The first-order valence-corrected chi connectivity index (χ1v) is 9.74. The summed E-state index contributed by atoms with van der Waals surface area (Å²) < 4.78 is 6.82. The number of aromatic amines is 1. The van der Waals surface area contributed by atoms with Crippen LogP contribution in [0.3, 0.4) is 0 Å². The number of benzene rings is 1. The van der Waals surface area contributed by atoms with E-state index in [0.29, 0.717) is 29.1 Å². The summed E-state index contributed by atoms with van der Waals surface area (Å²) in [6.45, 7) is 3.07. The molecule has 0 aliphatic carbocycles. The van der Waals surface area contributed by atoms with Crippen molar-refractivity contribution in [1.29, 1.82) is 5.26 Å². The second-order valence-electron chi connectivity index (χ2n) is 7.22. The first kappa shape index (κ1) is 19.6. The number of amides is 1. The topological polar surface area (TPSA) is 113 Å². The van der Waals surface area contributed by atoms with E-state index in [0.717, 1.165) is 30.6 Å². The van der Waals surface area contributed by atoms with Crippen molar-refractivity contribution in [2.24, 2.45) is 0 Å². The zero-order valence-electron chi connectivity index (χ0n) is 16.5. The molecule has 152 valence electrons. The van der Waals surface area contributed by atoms with Gasteiger partial charge in [0.25, 0.3) is 11.5 Å². The molecule has 3 aromatic rings. The van der Waals surface area contributed by atoms with E-state index in [4.69, 9.17) is 10.00 Å². The Kier molecular flexibility index (Phi) is 5.46. The molecule has 0 saturated carbocycles. The first-order chi connectivity index (χ1) is 14.6. The number of hydrogen-bond donors (Lipinski definition) is 2. The molecule has 3 heterocycles. The summed E-state index contributed by atoms with van der Waals surface area (Å²) in [5.41, 5.74) is 2.77. The molecule has 1 amide bonds. The average Bonchev–Trinajstić information content (AvgIpc) is 3.42. The van der Waals surface area contributed by atoms with E-state index in [-0.39, 0.29) is 17.6 Å². The van der Waals surface area contributed by atoms with Crippen LogP contribution in [0.1, 0.15) is 34.3 Å². The number of H-pyrrole nitrogens is 1. The number of nitriles is 1. The van der Waals surface area contributed by atoms with Gasteiger partial charge in [0.05, 0.1) is 28.9 Å². The molecule has 8 heteroatoms. The van der Waals surface area contributed by atoms with E-state index in [1.54, 1.807) is 36.5 Å². The molecule has 0 spiro atoms. The average molecular weight is 403 g/mol. The molecule has 30 heavy (non-hydrogen) atoms. The molecular weight excluding hydrogens is 382 g/mol. The number of carbonyl (C=O) groups is 1. The lowest BCUT2D eigenvalue weighted by Gasteiger charge is -2.10. The third kappa shape index (κ3) is 3.88. The van der Waals surface area contributed by atoms with Gasteiger partial charge in [0.15, 0.2) is 5.82 Å². The molecular formula is C22H21N5O3. The Morgan fingerprint density at radius 2 is 2.23 bits per heavy atom. The quantitative estimate of drug-likeness (QED) is 0.679. The van der Waals surface area contributed by atoms with Crippen molar-refractivity contribution < 1.29 is 9.53 Å². The second kappa shape index (κ2) is 8.35. The minimum Gasteiger partial charge on any atom is -0.376 e. The number of ether oxygens (including phenoxy) is 1. The van der Waals surface area contributed by atoms with E-state index in [9.17, 15) is 9.59 Å². The third-order valence-corrected chi connectivity index (χ3v) is 5.17. The Labute approximate surface area is 173 Å². The molecule has 1 aliphatic heterocycles. The molecule has 8 nitrogen and oxygen atoms in total. The molecule has 4 rings (SSSR count). The lowest BCUT2D eigenvalue weighted by Crippen LogP contribution is -2.31. The number of hydrogen-bond acceptors (Lipinski definition) is 5. The van der Waals surface area contributed by atoms with E-state index in [2.05, 4.69) is 21.5 Å². The Hall–Kier alpha value is -3.70. The standard InChI is InChI=1S/C22H21N5O3/c1-14-9-15(10-23)4-6-18(14)19-13-26-27(22(19)29)20-7-5-16(11-24-20)21(28)25-12-17-3-2-8-30-17/h4-7,9,11,13,17,26H,2-3,8,12H2,1H3,(H,25,28). The number of nitrogens with one attached hydrogen (secondary N) is 2. The van der Waals surface area contributed by atoms with Crippen molar-refractivity contribution in [2.45, 2.75) is 25.9 Å². The number of aromatic nitrogens is 3. The number of pyridine rings is 1. The number of carbonyl (C=O) groups excluding carboxylic acids is 1. The Bertz CT molecular complexity index is 1160. The zero-order valence-corrected chi connectivity index (χ0v) is 16.5. The maximum atomic E-state index is 12.9. The lowest BCUT2D eigenvalue weighted by molar-refractivity contribution is 0.0857. The third-order valence-electron chi connectivity index (χ3n) is 5.17. The molecule has 1 saturated heterocycles. The molecule has 1 aromatic carbocycles. The van der Waals surface area contributed by atoms with Crippen LogP contribution < -0.4 is 10.9 Å². The van der Waals surface area contributed by atoms with Crippen LogP contribution in [0.2, 0.25) is 0 Å². The fraction of sp³-hybridized carbons (Fsp3) is 0.273. The van der Waals surface area contributed by atoms with Crippen molar-refractivity contribution in [1.82, 2.24) is 20.1 Å². The van der Waals surface area contributed by atoms with Gasteiger partial charge in [0, 0.05) is 25.5 Å². The molecule has 0 bridgehead atoms. The fourth-order valence-electron chi connectivity index (χ4n) is 3.54. The Morgan fingerprint density at radius 3 is 2.90 bits per heavy atom. The van der Waals surface area contributed by atoms with Gasteiger partial charge in [0.2, 0.25) is 0 Å². The first-order valence-electron chi connectivity index (χ1n) is 9.74. The van der Waals surface area contributed by atoms with Gasteiger partial charge in [-0.05, 0) is 55.2 Å². The van der Waals surface area contributed by atoms with Crippen LogP contribution in [0.4, 0.5) is 0 Å². The second-order valence-corrected chi connectivity index (χ2v) is 7.22. The van der Waals surface area contributed by atoms with E-state index < -0.39 is 0 Å². The van der Waals surface area contributed by atoms with Crippen LogP contribution >= 0.6 is 0 Å². The summed E-state index contributed by atoms with van der Waals surface area (Å²) in [5.74, 6) is 0.158. The summed E-state index contributed by atoms with van der Waals surface area (Å²) in [5, 5.41) is 14.8. The molecule has 1 fully saturated rings. The van der Waals surface area contributed by atoms with Crippen molar-refractivity contribution in [3.05, 3.63) is 69.8 Å². The summed E-state index contributed by atoms with van der Waals surface area (Å²) in [4.78, 5) is 29.4. The monoisotopic (exact) mass is 403 g/mol. The van der Waals surface area contributed by atoms with Crippen LogP contribution in [0.15, 0.2) is 47.5 Å². The maximum absolute atomic E-state index is 12.9. The zero-order chi connectivity index (χ0) is 21.1. The van der Waals surface area contributed by atoms with Crippen LogP contribution in [-0.2, 0) is 4.74 Å². The van der Waals surface area contributed by atoms with Gasteiger partial charge >= 0.3 is 0 Å². The van der Waals surface area contributed by atoms with E-state index in [1.807, 2.05) is 6.92 Å². The predicted molar refractivity (Wildman–Crippen MR) is 110 cm³/mol. The number of aryl methyl sites for hydroxylation is 1. The summed E-state index contributed by atoms with van der Waals surface area (Å²) in [6, 6.07) is 10.5. The van der Waals surface area contributed by atoms with Crippen LogP contribution in [0.25, 0.3) is 16.9 Å². The highest BCUT2D eigenvalue weighted by Crippen LogP contribution is 2.21. The van der Waals surface area contributed by atoms with Crippen molar-refractivity contribution in [2.75, 3.05) is 13.2 Å². The highest BCUT2D eigenvalue weighted by atomic mass is 16.5. The van der Waals surface area contributed by atoms with Gasteiger partial charge in [-0.15, -0.1) is 0 Å². The summed E-state index contributed by atoms with van der Waals surface area (Å²) >= 11 is 0. The predicted octanol–water partition coefficient (Wildman–Crippen LogP) is 2.32. The Balaban J connectivity index is 1.52. The molecule has 2 N–H and O–H groups in total. The van der Waals surface area contributed by atoms with Gasteiger partial charge in [-0.25, -0.2) is 9.67 Å². The van der Waals surface area contributed by atoms with Crippen molar-refractivity contribution in [3.8, 4) is 23.0 Å². The fourth-order valence-corrected chi connectivity index (χ4v) is 3.54. The van der Waals surface area contributed by atoms with E-state index >= 15 is 0 Å². The van der Waals surface area contributed by atoms with Gasteiger partial charge in [-0.2, -0.15) is 5.26 Å². The van der Waals surface area contributed by atoms with Crippen molar-refractivity contribution >= 4 is 5.91 Å². The largest absolute Gasteiger partial charge is 0.376 e. The minimum absolute atomic E-state index is 0.0720. The van der Waals surface area contributed by atoms with Crippen LogP contribution in [0.5, 0.6) is 0 Å². The molecule has 1 aliphatic rings. The highest BCUT2D eigenvalue weighted by Gasteiger charge is 2.17. The normalized spacial score (nSPS) is 15.7. The summed E-state index contributed by atoms with van der Waals surface area (Å²) in [6.07, 6.45) is 5.10. The molecule has 1 unspecified atom stereocenters. The SMILES string of the molecule is Cc1cc(C#N)ccc1-c1c[nH]n(-c2ccc(C(=O)NCC3CCCO3)cn2)c1=O. The smallest absolute Gasteiger partial charge is 0.280 e. The van der Waals surface area contributed by atoms with Crippen LogP contribution in [-0.4, -0.2) is 39.9 Å². The summed E-state index contributed by atoms with van der Waals surface area (Å²) in [7, 11) is 0. The Morgan fingerprint density at radius 1 is 1.37 bits per heavy atom. The molecule has 1 atom stereocenters. The van der Waals surface area contributed by atoms with Gasteiger partial charge < -0.3 is 10.1 Å². The van der Waals surface area contributed by atoms with Gasteiger partial charge in [-0.3, -0.25) is 14.7 Å². The van der Waals surface area contributed by atoms with Gasteiger partial charge in [-0.1, -0.05) is 6.07 Å². The highest BCUT2D eigenvalue weighted by molar-refractivity contribution is 5.93. The van der Waals surface area contributed by atoms with E-state index in [1.165, 1.54) is 10.9 Å². The molecule has 0 radical (unpaired) electrons. The lowest BCUT2D eigenvalue weighted by atomic mass is 10.0. The van der Waals surface area contributed by atoms with Gasteiger partial charge in [0.1, 0.15) is 0 Å². The number of nitrogens with zero attached hydrogens (tertiary/aromatic N) is 3.